The van der Waals surface area contributed by atoms with Crippen LogP contribution in [0, 0.1) is 13.8 Å². The molecule has 1 atom stereocenters. The fraction of sp³-hybridized carbons (Fsp3) is 0.458. The molecule has 1 aliphatic rings. The van der Waals surface area contributed by atoms with Crippen molar-refractivity contribution in [3.05, 3.63) is 47.3 Å². The van der Waals surface area contributed by atoms with Crippen molar-refractivity contribution in [2.45, 2.75) is 45.3 Å². The fourth-order valence-electron chi connectivity index (χ4n) is 4.37. The summed E-state index contributed by atoms with van der Waals surface area (Å²) >= 11 is 0. The Kier molecular flexibility index (Phi) is 6.80. The first kappa shape index (κ1) is 23.0. The number of carbonyl (C=O) groups excluding carboxylic acids is 1. The average Bonchev–Trinajstić information content (AvgIpc) is 3.15. The van der Waals surface area contributed by atoms with E-state index in [2.05, 4.69) is 32.8 Å². The normalized spacial score (nSPS) is 16.1. The van der Waals surface area contributed by atoms with Crippen LogP contribution in [0.5, 0.6) is 5.75 Å². The van der Waals surface area contributed by atoms with Gasteiger partial charge in [0.15, 0.2) is 0 Å². The number of methoxy groups -OCH3 is 1. The summed E-state index contributed by atoms with van der Waals surface area (Å²) in [6.07, 6.45) is 1.81. The monoisotopic (exact) mass is 452 g/mol. The molecule has 0 saturated carbocycles. The summed E-state index contributed by atoms with van der Waals surface area (Å²) in [5.74, 6) is 0.565. The minimum absolute atomic E-state index is 0.177. The molecule has 1 aliphatic heterocycles. The molecule has 1 fully saturated rings. The van der Waals surface area contributed by atoms with Crippen LogP contribution in [0.1, 0.15) is 29.8 Å². The summed E-state index contributed by atoms with van der Waals surface area (Å²) in [7, 11) is 1.36. The van der Waals surface area contributed by atoms with Crippen molar-refractivity contribution in [3.63, 3.8) is 0 Å². The van der Waals surface area contributed by atoms with E-state index in [1.54, 1.807) is 12.1 Å². The van der Waals surface area contributed by atoms with Crippen LogP contribution in [0.4, 0.5) is 5.95 Å². The Balaban J connectivity index is 1.52. The number of hydrogen-bond donors (Lipinski definition) is 3. The number of nitrogens with one attached hydrogen (secondary N) is 1. The Morgan fingerprint density at radius 2 is 2.00 bits per heavy atom. The van der Waals surface area contributed by atoms with Crippen LogP contribution in [-0.2, 0) is 16.1 Å². The van der Waals surface area contributed by atoms with Gasteiger partial charge in [0.05, 0.1) is 24.7 Å². The molecule has 4 N–H and O–H groups in total. The Morgan fingerprint density at radius 1 is 1.24 bits per heavy atom. The Bertz CT molecular complexity index is 1140. The number of fused-ring (bicyclic) bond motifs is 1. The number of rotatable bonds is 7. The number of carbonyl (C=O) groups is 1. The highest BCUT2D eigenvalue weighted by Gasteiger charge is 2.25. The fourth-order valence-corrected chi connectivity index (χ4v) is 4.37. The summed E-state index contributed by atoms with van der Waals surface area (Å²) in [4.78, 5) is 23.3. The lowest BCUT2D eigenvalue weighted by molar-refractivity contribution is -0.142. The van der Waals surface area contributed by atoms with Gasteiger partial charge in [-0.2, -0.15) is 0 Å². The van der Waals surface area contributed by atoms with Crippen molar-refractivity contribution in [1.82, 2.24) is 19.4 Å². The minimum atomic E-state index is -0.624. The maximum Gasteiger partial charge on any atom is 0.323 e. The molecule has 176 valence electrons. The zero-order chi connectivity index (χ0) is 23.5. The lowest BCUT2D eigenvalue weighted by Gasteiger charge is -2.33. The molecule has 0 aliphatic carbocycles. The highest BCUT2D eigenvalue weighted by atomic mass is 16.5. The molecule has 33 heavy (non-hydrogen) atoms. The summed E-state index contributed by atoms with van der Waals surface area (Å²) in [6.45, 7) is 6.55. The van der Waals surface area contributed by atoms with E-state index in [9.17, 15) is 9.90 Å². The zero-order valence-corrected chi connectivity index (χ0v) is 19.4. The Morgan fingerprint density at radius 3 is 2.73 bits per heavy atom. The molecule has 1 unspecified atom stereocenters. The molecule has 9 heteroatoms. The van der Waals surface area contributed by atoms with Crippen LogP contribution in [0.25, 0.3) is 11.0 Å². The average molecular weight is 453 g/mol. The lowest BCUT2D eigenvalue weighted by Crippen LogP contribution is -2.47. The number of esters is 1. The van der Waals surface area contributed by atoms with Gasteiger partial charge >= 0.3 is 5.97 Å². The molecule has 0 spiro atoms. The van der Waals surface area contributed by atoms with Gasteiger partial charge in [0.1, 0.15) is 17.5 Å². The van der Waals surface area contributed by atoms with Crippen LogP contribution < -0.4 is 11.1 Å². The summed E-state index contributed by atoms with van der Waals surface area (Å²) in [6, 6.07) is 9.22. The topological polar surface area (TPSA) is 119 Å². The number of para-hydroxylation sites is 1. The standard InChI is InChI=1S/C24H32N6O3/c1-15-5-4-6-20-22(15)28-24(30(20)14-19-21(31)8-7-16(2)26-19)27-17-9-11-29(12-10-17)13-18(25)23(32)33-3/h4-8,17-18,31H,9-14,25H2,1-3H3,(H,27,28). The number of hydrogen-bond acceptors (Lipinski definition) is 8. The van der Waals surface area contributed by atoms with Gasteiger partial charge in [-0.1, -0.05) is 12.1 Å². The number of imidazole rings is 1. The quantitative estimate of drug-likeness (QED) is 0.467. The number of ether oxygens (including phenoxy) is 1. The number of pyridine rings is 1. The number of likely N-dealkylation sites (tertiary alicyclic amines) is 1. The number of anilines is 1. The van der Waals surface area contributed by atoms with Gasteiger partial charge < -0.3 is 30.4 Å². The van der Waals surface area contributed by atoms with Crippen LogP contribution in [0.3, 0.4) is 0 Å². The molecule has 1 saturated heterocycles. The van der Waals surface area contributed by atoms with E-state index in [0.717, 1.165) is 54.2 Å². The maximum atomic E-state index is 11.6. The number of aryl methyl sites for hydroxylation is 2. The zero-order valence-electron chi connectivity index (χ0n) is 19.4. The molecule has 0 amide bonds. The largest absolute Gasteiger partial charge is 0.506 e. The van der Waals surface area contributed by atoms with Gasteiger partial charge in [-0.25, -0.2) is 4.98 Å². The third-order valence-electron chi connectivity index (χ3n) is 6.26. The van der Waals surface area contributed by atoms with Gasteiger partial charge in [0.25, 0.3) is 0 Å². The van der Waals surface area contributed by atoms with Crippen LogP contribution in [-0.4, -0.2) is 69.3 Å². The van der Waals surface area contributed by atoms with Crippen molar-refractivity contribution < 1.29 is 14.6 Å². The van der Waals surface area contributed by atoms with Crippen molar-refractivity contribution >= 4 is 23.0 Å². The Hall–Kier alpha value is -3.17. The first-order chi connectivity index (χ1) is 15.9. The summed E-state index contributed by atoms with van der Waals surface area (Å²) in [5, 5.41) is 14.0. The van der Waals surface area contributed by atoms with E-state index in [-0.39, 0.29) is 17.8 Å². The number of benzene rings is 1. The first-order valence-electron chi connectivity index (χ1n) is 11.3. The molecule has 3 heterocycles. The van der Waals surface area contributed by atoms with Crippen molar-refractivity contribution in [3.8, 4) is 5.75 Å². The molecule has 2 aromatic heterocycles. The molecule has 0 radical (unpaired) electrons. The van der Waals surface area contributed by atoms with E-state index in [0.29, 0.717) is 18.8 Å². The van der Waals surface area contributed by atoms with Gasteiger partial charge in [-0.3, -0.25) is 9.78 Å². The number of nitrogens with zero attached hydrogens (tertiary/aromatic N) is 4. The molecule has 0 bridgehead atoms. The van der Waals surface area contributed by atoms with E-state index in [1.165, 1.54) is 7.11 Å². The van der Waals surface area contributed by atoms with Crippen molar-refractivity contribution in [2.24, 2.45) is 5.73 Å². The molecule has 9 nitrogen and oxygen atoms in total. The summed E-state index contributed by atoms with van der Waals surface area (Å²) < 4.78 is 6.82. The second-order valence-corrected chi connectivity index (χ2v) is 8.73. The van der Waals surface area contributed by atoms with Crippen molar-refractivity contribution in [1.29, 1.82) is 0 Å². The molecular formula is C24H32N6O3. The number of nitrogens with two attached hydrogens (primary N) is 1. The number of aromatic hydroxyl groups is 1. The highest BCUT2D eigenvalue weighted by Crippen LogP contribution is 2.27. The van der Waals surface area contributed by atoms with E-state index < -0.39 is 6.04 Å². The maximum absolute atomic E-state index is 11.6. The van der Waals surface area contributed by atoms with E-state index >= 15 is 0 Å². The van der Waals surface area contributed by atoms with Gasteiger partial charge in [0.2, 0.25) is 5.95 Å². The molecule has 3 aromatic rings. The highest BCUT2D eigenvalue weighted by molar-refractivity contribution is 5.82. The van der Waals surface area contributed by atoms with Crippen molar-refractivity contribution in [2.75, 3.05) is 32.1 Å². The predicted molar refractivity (Wildman–Crippen MR) is 127 cm³/mol. The number of aromatic nitrogens is 3. The SMILES string of the molecule is COC(=O)C(N)CN1CCC(Nc2nc3c(C)cccc3n2Cc2nc(C)ccc2O)CC1. The van der Waals surface area contributed by atoms with Gasteiger partial charge in [0, 0.05) is 31.4 Å². The molecular weight excluding hydrogens is 420 g/mol. The van der Waals surface area contributed by atoms with Gasteiger partial charge in [-0.05, 0) is 50.5 Å². The first-order valence-corrected chi connectivity index (χ1v) is 11.3. The smallest absolute Gasteiger partial charge is 0.323 e. The van der Waals surface area contributed by atoms with Crippen LogP contribution in [0.15, 0.2) is 30.3 Å². The second kappa shape index (κ2) is 9.76. The summed E-state index contributed by atoms with van der Waals surface area (Å²) in [5.41, 5.74) is 10.4. The van der Waals surface area contributed by atoms with E-state index in [4.69, 9.17) is 15.5 Å². The van der Waals surface area contributed by atoms with Crippen LogP contribution in [0.2, 0.25) is 0 Å². The third kappa shape index (κ3) is 5.09. The van der Waals surface area contributed by atoms with E-state index in [1.807, 2.05) is 19.1 Å². The lowest BCUT2D eigenvalue weighted by atomic mass is 10.0. The van der Waals surface area contributed by atoms with Gasteiger partial charge in [-0.15, -0.1) is 0 Å². The molecule has 4 rings (SSSR count). The second-order valence-electron chi connectivity index (χ2n) is 8.73. The minimum Gasteiger partial charge on any atom is -0.506 e. The molecule has 1 aromatic carbocycles. The third-order valence-corrected chi connectivity index (χ3v) is 6.26. The predicted octanol–water partition coefficient (Wildman–Crippen LogP) is 2.18. The van der Waals surface area contributed by atoms with Crippen LogP contribution >= 0.6 is 0 Å². The number of piperidine rings is 1. The Labute approximate surface area is 193 Å².